The van der Waals surface area contributed by atoms with Gasteiger partial charge in [-0.3, -0.25) is 4.79 Å². The molecule has 2 atom stereocenters. The van der Waals surface area contributed by atoms with Crippen molar-refractivity contribution in [1.82, 2.24) is 5.32 Å². The fourth-order valence-corrected chi connectivity index (χ4v) is 3.77. The number of fused-ring (bicyclic) bond motifs is 1. The average Bonchev–Trinajstić information content (AvgIpc) is 3.18. The number of hydrogen-bond donors (Lipinski definition) is 2. The van der Waals surface area contributed by atoms with Crippen LogP contribution in [0.2, 0.25) is 0 Å². The lowest BCUT2D eigenvalue weighted by Crippen LogP contribution is -3.14. The quantitative estimate of drug-likeness (QED) is 0.814. The highest BCUT2D eigenvalue weighted by atomic mass is 16.5. The van der Waals surface area contributed by atoms with Crippen molar-refractivity contribution >= 4 is 5.91 Å². The Labute approximate surface area is 132 Å². The van der Waals surface area contributed by atoms with Crippen molar-refractivity contribution in [3.8, 4) is 5.75 Å². The fourth-order valence-electron chi connectivity index (χ4n) is 3.77. The van der Waals surface area contributed by atoms with Gasteiger partial charge in [-0.2, -0.15) is 0 Å². The molecule has 1 aromatic rings. The highest BCUT2D eigenvalue weighted by Crippen LogP contribution is 2.25. The second-order valence-electron chi connectivity index (χ2n) is 6.48. The van der Waals surface area contributed by atoms with Crippen LogP contribution in [0.4, 0.5) is 0 Å². The molecule has 0 radical (unpaired) electrons. The summed E-state index contributed by atoms with van der Waals surface area (Å²) in [7, 11) is 0. The molecule has 1 aromatic carbocycles. The first-order valence-electron chi connectivity index (χ1n) is 8.62. The zero-order valence-corrected chi connectivity index (χ0v) is 13.5. The molecule has 0 spiro atoms. The van der Waals surface area contributed by atoms with Crippen LogP contribution in [0.15, 0.2) is 18.2 Å². The van der Waals surface area contributed by atoms with Crippen molar-refractivity contribution in [2.75, 3.05) is 26.2 Å². The summed E-state index contributed by atoms with van der Waals surface area (Å²) >= 11 is 0. The summed E-state index contributed by atoms with van der Waals surface area (Å²) in [6.45, 7) is 5.49. The van der Waals surface area contributed by atoms with Crippen molar-refractivity contribution in [3.05, 3.63) is 29.3 Å². The number of carbonyl (C=O) groups is 1. The van der Waals surface area contributed by atoms with Gasteiger partial charge in [-0.1, -0.05) is 6.07 Å². The summed E-state index contributed by atoms with van der Waals surface area (Å²) in [6.07, 6.45) is 6.03. The number of carbonyl (C=O) groups excluding carboxylic acids is 1. The molecule has 1 aliphatic heterocycles. The number of quaternary nitrogens is 1. The topological polar surface area (TPSA) is 42.8 Å². The Kier molecular flexibility index (Phi) is 4.98. The lowest BCUT2D eigenvalue weighted by molar-refractivity contribution is -0.909. The van der Waals surface area contributed by atoms with Crippen LogP contribution >= 0.6 is 0 Å². The highest BCUT2D eigenvalue weighted by Gasteiger charge is 2.27. The number of nitrogens with one attached hydrogen (secondary N) is 2. The summed E-state index contributed by atoms with van der Waals surface area (Å²) in [5.41, 5.74) is 2.81. The number of amides is 1. The summed E-state index contributed by atoms with van der Waals surface area (Å²) < 4.78 is 5.64. The van der Waals surface area contributed by atoms with Crippen LogP contribution in [0.1, 0.15) is 37.3 Å². The molecule has 4 heteroatoms. The molecule has 1 unspecified atom stereocenters. The molecule has 1 amide bonds. The maximum absolute atomic E-state index is 12.0. The van der Waals surface area contributed by atoms with Gasteiger partial charge in [0.25, 0.3) is 5.91 Å². The monoisotopic (exact) mass is 303 g/mol. The molecule has 120 valence electrons. The molecule has 3 rings (SSSR count). The predicted octanol–water partition coefficient (Wildman–Crippen LogP) is 0.738. The second-order valence-corrected chi connectivity index (χ2v) is 6.48. The lowest BCUT2D eigenvalue weighted by atomic mass is 10.1. The maximum Gasteiger partial charge on any atom is 0.258 e. The predicted molar refractivity (Wildman–Crippen MR) is 86.4 cm³/mol. The first-order valence-corrected chi connectivity index (χ1v) is 8.62. The molecule has 1 saturated heterocycles. The molecule has 1 heterocycles. The Bertz CT molecular complexity index is 530. The number of likely N-dealkylation sites (tertiary alicyclic amines) is 1. The third kappa shape index (κ3) is 3.61. The molecule has 0 bridgehead atoms. The minimum Gasteiger partial charge on any atom is -0.484 e. The first kappa shape index (κ1) is 15.3. The average molecular weight is 303 g/mol. The SMILES string of the molecule is CC[NH+]1CCC[C@H]1CNC(=O)COc1ccc2c(c1)CCC2. The number of ether oxygens (including phenoxy) is 1. The normalized spacial score (nSPS) is 23.3. The number of rotatable bonds is 6. The number of likely N-dealkylation sites (N-methyl/N-ethyl adjacent to an activating group) is 1. The van der Waals surface area contributed by atoms with Crippen LogP contribution in [0.5, 0.6) is 5.75 Å². The Morgan fingerprint density at radius 2 is 2.18 bits per heavy atom. The van der Waals surface area contributed by atoms with Gasteiger partial charge < -0.3 is 15.0 Å². The first-order chi connectivity index (χ1) is 10.8. The lowest BCUT2D eigenvalue weighted by Gasteiger charge is -2.20. The van der Waals surface area contributed by atoms with E-state index in [1.807, 2.05) is 6.07 Å². The van der Waals surface area contributed by atoms with Gasteiger partial charge in [0, 0.05) is 12.8 Å². The number of benzene rings is 1. The fraction of sp³-hybridized carbons (Fsp3) is 0.611. The van der Waals surface area contributed by atoms with Crippen molar-refractivity contribution in [2.24, 2.45) is 0 Å². The van der Waals surface area contributed by atoms with Gasteiger partial charge >= 0.3 is 0 Å². The molecule has 0 saturated carbocycles. The minimum atomic E-state index is -0.0112. The Balaban J connectivity index is 1.42. The van der Waals surface area contributed by atoms with E-state index in [0.717, 1.165) is 25.3 Å². The standard InChI is InChI=1S/C18H26N2O2/c1-2-20-10-4-7-16(20)12-19-18(21)13-22-17-9-8-14-5-3-6-15(14)11-17/h8-9,11,16H,2-7,10,12-13H2,1H3,(H,19,21)/p+1/t16-/m0/s1. The van der Waals surface area contributed by atoms with Crippen molar-refractivity contribution in [1.29, 1.82) is 0 Å². The van der Waals surface area contributed by atoms with E-state index < -0.39 is 0 Å². The maximum atomic E-state index is 12.0. The minimum absolute atomic E-state index is 0.0112. The zero-order valence-electron chi connectivity index (χ0n) is 13.5. The molecule has 0 aromatic heterocycles. The third-order valence-electron chi connectivity index (χ3n) is 5.07. The van der Waals surface area contributed by atoms with Crippen LogP contribution in [-0.2, 0) is 17.6 Å². The van der Waals surface area contributed by atoms with E-state index in [-0.39, 0.29) is 12.5 Å². The summed E-state index contributed by atoms with van der Waals surface area (Å²) in [6, 6.07) is 6.79. The van der Waals surface area contributed by atoms with Crippen LogP contribution in [0.3, 0.4) is 0 Å². The van der Waals surface area contributed by atoms with Gasteiger partial charge in [-0.25, -0.2) is 0 Å². The van der Waals surface area contributed by atoms with Crippen LogP contribution < -0.4 is 15.0 Å². The van der Waals surface area contributed by atoms with E-state index in [1.54, 1.807) is 4.90 Å². The Morgan fingerprint density at radius 3 is 3.05 bits per heavy atom. The van der Waals surface area contributed by atoms with E-state index in [2.05, 4.69) is 24.4 Å². The van der Waals surface area contributed by atoms with Gasteiger partial charge in [0.05, 0.1) is 19.6 Å². The van der Waals surface area contributed by atoms with E-state index >= 15 is 0 Å². The number of aryl methyl sites for hydroxylation is 2. The van der Waals surface area contributed by atoms with Gasteiger partial charge in [0.2, 0.25) is 0 Å². The largest absolute Gasteiger partial charge is 0.484 e. The Hall–Kier alpha value is -1.55. The van der Waals surface area contributed by atoms with Crippen molar-refractivity contribution < 1.29 is 14.4 Å². The van der Waals surface area contributed by atoms with Gasteiger partial charge in [0.15, 0.2) is 6.61 Å². The van der Waals surface area contributed by atoms with E-state index in [4.69, 9.17) is 4.74 Å². The van der Waals surface area contributed by atoms with Crippen LogP contribution in [0.25, 0.3) is 0 Å². The molecular weight excluding hydrogens is 276 g/mol. The van der Waals surface area contributed by atoms with E-state index in [0.29, 0.717) is 6.04 Å². The summed E-state index contributed by atoms with van der Waals surface area (Å²) in [5.74, 6) is 0.806. The molecule has 2 N–H and O–H groups in total. The van der Waals surface area contributed by atoms with Crippen molar-refractivity contribution in [3.63, 3.8) is 0 Å². The molecule has 22 heavy (non-hydrogen) atoms. The molecule has 1 aliphatic carbocycles. The van der Waals surface area contributed by atoms with Crippen molar-refractivity contribution in [2.45, 2.75) is 45.1 Å². The summed E-state index contributed by atoms with van der Waals surface area (Å²) in [4.78, 5) is 13.6. The zero-order chi connectivity index (χ0) is 15.4. The molecule has 1 fully saturated rings. The van der Waals surface area contributed by atoms with Gasteiger partial charge in [-0.05, 0) is 49.4 Å². The smallest absolute Gasteiger partial charge is 0.258 e. The summed E-state index contributed by atoms with van der Waals surface area (Å²) in [5, 5.41) is 3.03. The Morgan fingerprint density at radius 1 is 1.32 bits per heavy atom. The van der Waals surface area contributed by atoms with E-state index in [9.17, 15) is 4.79 Å². The third-order valence-corrected chi connectivity index (χ3v) is 5.07. The van der Waals surface area contributed by atoms with E-state index in [1.165, 1.54) is 43.4 Å². The molecule has 4 nitrogen and oxygen atoms in total. The van der Waals surface area contributed by atoms with Crippen LogP contribution in [0, 0.1) is 0 Å². The number of hydrogen-bond acceptors (Lipinski definition) is 2. The van der Waals surface area contributed by atoms with Crippen LogP contribution in [-0.4, -0.2) is 38.2 Å². The second kappa shape index (κ2) is 7.14. The molecule has 2 aliphatic rings. The van der Waals surface area contributed by atoms with Gasteiger partial charge in [0.1, 0.15) is 11.8 Å². The van der Waals surface area contributed by atoms with Gasteiger partial charge in [-0.15, -0.1) is 0 Å². The molecular formula is C18H27N2O2+. The highest BCUT2D eigenvalue weighted by molar-refractivity contribution is 5.77.